The summed E-state index contributed by atoms with van der Waals surface area (Å²) in [6.07, 6.45) is 5.36. The van der Waals surface area contributed by atoms with Crippen LogP contribution in [0, 0.1) is 5.82 Å². The van der Waals surface area contributed by atoms with Crippen LogP contribution < -0.4 is 10.9 Å². The van der Waals surface area contributed by atoms with E-state index >= 15 is 0 Å². The number of carbonyl (C=O) groups is 1. The molecule has 0 atom stereocenters. The van der Waals surface area contributed by atoms with Crippen LogP contribution in [0.5, 0.6) is 0 Å². The number of hydrogen-bond donors (Lipinski definition) is 1. The van der Waals surface area contributed by atoms with Crippen molar-refractivity contribution in [3.8, 4) is 0 Å². The van der Waals surface area contributed by atoms with Crippen LogP contribution >= 0.6 is 0 Å². The van der Waals surface area contributed by atoms with Crippen molar-refractivity contribution in [1.82, 2.24) is 19.9 Å². The molecule has 0 bridgehead atoms. The molecule has 0 saturated heterocycles. The van der Waals surface area contributed by atoms with Gasteiger partial charge in [0.2, 0.25) is 5.91 Å². The Morgan fingerprint density at radius 3 is 2.89 bits per heavy atom. The first-order valence-electron chi connectivity index (χ1n) is 9.00. The van der Waals surface area contributed by atoms with Gasteiger partial charge in [0.05, 0.1) is 5.39 Å². The highest BCUT2D eigenvalue weighted by Crippen LogP contribution is 2.21. The fourth-order valence-corrected chi connectivity index (χ4v) is 3.37. The van der Waals surface area contributed by atoms with Crippen LogP contribution in [0.15, 0.2) is 41.5 Å². The second kappa shape index (κ2) is 7.26. The molecule has 0 saturated carbocycles. The molecule has 7 heteroatoms. The average molecular weight is 366 g/mol. The van der Waals surface area contributed by atoms with E-state index in [4.69, 9.17) is 0 Å². The predicted molar refractivity (Wildman–Crippen MR) is 98.7 cm³/mol. The number of hydrogen-bond acceptors (Lipinski definition) is 4. The van der Waals surface area contributed by atoms with Crippen molar-refractivity contribution < 1.29 is 9.18 Å². The van der Waals surface area contributed by atoms with E-state index in [1.165, 1.54) is 17.0 Å². The summed E-state index contributed by atoms with van der Waals surface area (Å²) in [5.74, 6) is -0.759. The number of halogens is 1. The minimum atomic E-state index is -0.382. The van der Waals surface area contributed by atoms with Gasteiger partial charge in [0.15, 0.2) is 5.65 Å². The van der Waals surface area contributed by atoms with Gasteiger partial charge < -0.3 is 5.32 Å². The molecular weight excluding hydrogens is 347 g/mol. The van der Waals surface area contributed by atoms with Crippen LogP contribution in [0.2, 0.25) is 0 Å². The summed E-state index contributed by atoms with van der Waals surface area (Å²) in [5.41, 5.74) is 2.63. The third-order valence-corrected chi connectivity index (χ3v) is 4.84. The number of fused-ring (bicyclic) bond motifs is 2. The van der Waals surface area contributed by atoms with Crippen molar-refractivity contribution in [3.05, 3.63) is 69.7 Å². The molecule has 0 fully saturated rings. The Bertz CT molecular complexity index is 1080. The molecule has 4 rings (SSSR count). The Kier molecular flexibility index (Phi) is 4.66. The maximum absolute atomic E-state index is 13.6. The van der Waals surface area contributed by atoms with E-state index in [0.717, 1.165) is 36.9 Å². The summed E-state index contributed by atoms with van der Waals surface area (Å²) in [6, 6.07) is 8.10. The molecule has 0 radical (unpaired) electrons. The first-order valence-corrected chi connectivity index (χ1v) is 9.00. The molecule has 6 nitrogen and oxygen atoms in total. The van der Waals surface area contributed by atoms with Crippen LogP contribution in [0.3, 0.4) is 0 Å². The van der Waals surface area contributed by atoms with E-state index in [-0.39, 0.29) is 30.4 Å². The highest BCUT2D eigenvalue weighted by molar-refractivity contribution is 5.77. The maximum Gasteiger partial charge on any atom is 0.263 e. The summed E-state index contributed by atoms with van der Waals surface area (Å²) in [4.78, 5) is 33.7. The summed E-state index contributed by atoms with van der Waals surface area (Å²) >= 11 is 0. The van der Waals surface area contributed by atoms with Gasteiger partial charge in [-0.3, -0.25) is 14.2 Å². The lowest BCUT2D eigenvalue weighted by molar-refractivity contribution is -0.121. The standard InChI is InChI=1S/C20H19FN4O2/c21-16-7-3-1-6-14(16)10-22-18(26)11-25-12-23-19-15(20(25)27)9-13-5-2-4-8-17(13)24-19/h1,3,6-7,9,12H,2,4-5,8,10-11H2,(H,22,26). The first-order chi connectivity index (χ1) is 13.1. The monoisotopic (exact) mass is 366 g/mol. The number of pyridine rings is 1. The third-order valence-electron chi connectivity index (χ3n) is 4.84. The minimum Gasteiger partial charge on any atom is -0.350 e. The number of nitrogens with zero attached hydrogens (tertiary/aromatic N) is 3. The number of benzene rings is 1. The van der Waals surface area contributed by atoms with Gasteiger partial charge in [0, 0.05) is 17.8 Å². The number of aryl methyl sites for hydroxylation is 2. The third kappa shape index (κ3) is 3.58. The Morgan fingerprint density at radius 2 is 2.04 bits per heavy atom. The largest absolute Gasteiger partial charge is 0.350 e. The molecule has 2 heterocycles. The van der Waals surface area contributed by atoms with E-state index in [1.807, 2.05) is 6.07 Å². The molecule has 0 unspecified atom stereocenters. The van der Waals surface area contributed by atoms with Crippen LogP contribution in [-0.2, 0) is 30.7 Å². The molecule has 0 spiro atoms. The van der Waals surface area contributed by atoms with Gasteiger partial charge >= 0.3 is 0 Å². The minimum absolute atomic E-state index is 0.0658. The van der Waals surface area contributed by atoms with Crippen molar-refractivity contribution in [2.45, 2.75) is 38.8 Å². The molecular formula is C20H19FN4O2. The molecule has 1 aliphatic rings. The van der Waals surface area contributed by atoms with Gasteiger partial charge in [-0.15, -0.1) is 0 Å². The van der Waals surface area contributed by atoms with Crippen molar-refractivity contribution in [3.63, 3.8) is 0 Å². The van der Waals surface area contributed by atoms with Crippen LogP contribution in [0.4, 0.5) is 4.39 Å². The van der Waals surface area contributed by atoms with Gasteiger partial charge in [-0.2, -0.15) is 0 Å². The zero-order valence-electron chi connectivity index (χ0n) is 14.7. The van der Waals surface area contributed by atoms with Crippen molar-refractivity contribution in [1.29, 1.82) is 0 Å². The zero-order valence-corrected chi connectivity index (χ0v) is 14.7. The molecule has 1 amide bonds. The fraction of sp³-hybridized carbons (Fsp3) is 0.300. The molecule has 1 aromatic carbocycles. The zero-order chi connectivity index (χ0) is 18.8. The molecule has 0 aliphatic heterocycles. The fourth-order valence-electron chi connectivity index (χ4n) is 3.37. The molecule has 138 valence electrons. The number of amides is 1. The molecule has 2 aromatic heterocycles. The van der Waals surface area contributed by atoms with E-state index < -0.39 is 0 Å². The highest BCUT2D eigenvalue weighted by atomic mass is 19.1. The summed E-state index contributed by atoms with van der Waals surface area (Å²) in [5, 5.41) is 3.06. The van der Waals surface area contributed by atoms with Crippen LogP contribution in [0.25, 0.3) is 11.0 Å². The SMILES string of the molecule is O=C(Cn1cnc2nc3c(cc2c1=O)CCCC3)NCc1ccccc1F. The topological polar surface area (TPSA) is 76.9 Å². The highest BCUT2D eigenvalue weighted by Gasteiger charge is 2.15. The Balaban J connectivity index is 1.53. The van der Waals surface area contributed by atoms with Crippen molar-refractivity contribution >= 4 is 16.9 Å². The van der Waals surface area contributed by atoms with Crippen LogP contribution in [-0.4, -0.2) is 20.4 Å². The summed E-state index contributed by atoms with van der Waals surface area (Å²) in [6.45, 7) is -0.107. The number of rotatable bonds is 4. The second-order valence-corrected chi connectivity index (χ2v) is 6.72. The summed E-state index contributed by atoms with van der Waals surface area (Å²) < 4.78 is 14.9. The average Bonchev–Trinajstić information content (AvgIpc) is 2.68. The van der Waals surface area contributed by atoms with Gasteiger partial charge in [0.1, 0.15) is 18.7 Å². The molecule has 1 N–H and O–H groups in total. The van der Waals surface area contributed by atoms with E-state index in [1.54, 1.807) is 18.2 Å². The Hall–Kier alpha value is -3.09. The molecule has 3 aromatic rings. The number of aromatic nitrogens is 3. The van der Waals surface area contributed by atoms with Crippen LogP contribution in [0.1, 0.15) is 29.7 Å². The first kappa shape index (κ1) is 17.3. The van der Waals surface area contributed by atoms with E-state index in [9.17, 15) is 14.0 Å². The van der Waals surface area contributed by atoms with Gasteiger partial charge in [0.25, 0.3) is 5.56 Å². The lowest BCUT2D eigenvalue weighted by Crippen LogP contribution is -2.32. The van der Waals surface area contributed by atoms with Crippen molar-refractivity contribution in [2.75, 3.05) is 0 Å². The number of carbonyl (C=O) groups excluding carboxylic acids is 1. The predicted octanol–water partition coefficient (Wildman–Crippen LogP) is 2.13. The summed E-state index contributed by atoms with van der Waals surface area (Å²) in [7, 11) is 0. The normalized spacial score (nSPS) is 13.4. The molecule has 1 aliphatic carbocycles. The lowest BCUT2D eigenvalue weighted by atomic mass is 9.95. The van der Waals surface area contributed by atoms with Gasteiger partial charge in [-0.05, 0) is 43.4 Å². The van der Waals surface area contributed by atoms with E-state index in [0.29, 0.717) is 16.6 Å². The second-order valence-electron chi connectivity index (χ2n) is 6.72. The Labute approximate surface area is 155 Å². The van der Waals surface area contributed by atoms with Crippen molar-refractivity contribution in [2.24, 2.45) is 0 Å². The molecule has 27 heavy (non-hydrogen) atoms. The number of nitrogens with one attached hydrogen (secondary N) is 1. The van der Waals surface area contributed by atoms with E-state index in [2.05, 4.69) is 15.3 Å². The van der Waals surface area contributed by atoms with Gasteiger partial charge in [-0.1, -0.05) is 18.2 Å². The maximum atomic E-state index is 13.6. The lowest BCUT2D eigenvalue weighted by Gasteiger charge is -2.15. The quantitative estimate of drug-likeness (QED) is 0.767. The van der Waals surface area contributed by atoms with Gasteiger partial charge in [-0.25, -0.2) is 14.4 Å². The smallest absolute Gasteiger partial charge is 0.263 e. The Morgan fingerprint density at radius 1 is 1.22 bits per heavy atom.